The highest BCUT2D eigenvalue weighted by Gasteiger charge is 2.26. The molecule has 0 saturated carbocycles. The van der Waals surface area contributed by atoms with Crippen molar-refractivity contribution in [3.8, 4) is 5.75 Å². The van der Waals surface area contributed by atoms with E-state index in [0.717, 1.165) is 16.9 Å². The highest BCUT2D eigenvalue weighted by atomic mass is 16.5. The first-order valence-corrected chi connectivity index (χ1v) is 6.66. The molecule has 1 N–H and O–H groups in total. The van der Waals surface area contributed by atoms with Gasteiger partial charge in [0.2, 0.25) is 0 Å². The Hall–Kier alpha value is -2.03. The Balaban J connectivity index is 2.59. The van der Waals surface area contributed by atoms with Crippen molar-refractivity contribution >= 4 is 18.1 Å². The minimum atomic E-state index is -0.780. The number of aliphatic carboxylic acids is 1. The molecule has 0 aliphatic rings. The second-order valence-corrected chi connectivity index (χ2v) is 5.35. The van der Waals surface area contributed by atoms with E-state index in [4.69, 9.17) is 9.84 Å². The van der Waals surface area contributed by atoms with Crippen LogP contribution in [0.5, 0.6) is 5.75 Å². The summed E-state index contributed by atoms with van der Waals surface area (Å²) in [6, 6.07) is 5.79. The zero-order valence-corrected chi connectivity index (χ0v) is 12.2. The van der Waals surface area contributed by atoms with Gasteiger partial charge in [0.1, 0.15) is 5.75 Å². The largest absolute Gasteiger partial charge is 0.493 e. The molecule has 1 rings (SSSR count). The van der Waals surface area contributed by atoms with Crippen molar-refractivity contribution in [2.75, 3.05) is 6.61 Å². The van der Waals surface area contributed by atoms with Crippen LogP contribution in [0.4, 0.5) is 0 Å². The van der Waals surface area contributed by atoms with Crippen molar-refractivity contribution < 1.29 is 14.6 Å². The van der Waals surface area contributed by atoms with Crippen molar-refractivity contribution in [1.82, 2.24) is 0 Å². The number of hydrogen-bond acceptors (Lipinski definition) is 2. The summed E-state index contributed by atoms with van der Waals surface area (Å²) >= 11 is 0. The molecule has 20 heavy (non-hydrogen) atoms. The predicted molar refractivity (Wildman–Crippen MR) is 82.8 cm³/mol. The Morgan fingerprint density at radius 2 is 2.05 bits per heavy atom. The monoisotopic (exact) mass is 274 g/mol. The molecule has 0 amide bonds. The van der Waals surface area contributed by atoms with Gasteiger partial charge in [-0.05, 0) is 38.3 Å². The molecule has 0 fully saturated rings. The maximum absolute atomic E-state index is 11.0. The third-order valence-corrected chi connectivity index (χ3v) is 3.28. The molecule has 0 atom stereocenters. The Labute approximate surface area is 120 Å². The van der Waals surface area contributed by atoms with Crippen LogP contribution in [0.15, 0.2) is 31.4 Å². The van der Waals surface area contributed by atoms with Crippen LogP contribution in [-0.2, 0) is 4.79 Å². The number of rotatable bonds is 8. The second-order valence-electron chi connectivity index (χ2n) is 5.35. The van der Waals surface area contributed by atoms with Gasteiger partial charge in [-0.25, -0.2) is 0 Å². The molecular formula is C17H22O3. The van der Waals surface area contributed by atoms with E-state index in [1.807, 2.05) is 18.2 Å². The Kier molecular flexibility index (Phi) is 5.56. The van der Waals surface area contributed by atoms with E-state index in [0.29, 0.717) is 19.4 Å². The molecule has 0 bridgehead atoms. The van der Waals surface area contributed by atoms with E-state index in [1.165, 1.54) is 0 Å². The van der Waals surface area contributed by atoms with Gasteiger partial charge in [-0.1, -0.05) is 37.4 Å². The average molecular weight is 274 g/mol. The lowest BCUT2D eigenvalue weighted by Crippen LogP contribution is -2.24. The van der Waals surface area contributed by atoms with Gasteiger partial charge in [0.25, 0.3) is 0 Å². The molecular weight excluding hydrogens is 252 g/mol. The fraction of sp³-hybridized carbons (Fsp3) is 0.353. The molecule has 0 aliphatic carbocycles. The highest BCUT2D eigenvalue weighted by molar-refractivity contribution is 5.73. The molecule has 0 saturated heterocycles. The zero-order chi connectivity index (χ0) is 15.2. The maximum atomic E-state index is 11.0. The lowest BCUT2D eigenvalue weighted by Gasteiger charge is -2.19. The highest BCUT2D eigenvalue weighted by Crippen LogP contribution is 2.25. The van der Waals surface area contributed by atoms with Gasteiger partial charge in [-0.3, -0.25) is 4.79 Å². The summed E-state index contributed by atoms with van der Waals surface area (Å²) in [6.07, 6.45) is 4.76. The van der Waals surface area contributed by atoms with Gasteiger partial charge in [0.15, 0.2) is 0 Å². The quantitative estimate of drug-likeness (QED) is 0.721. The molecule has 0 radical (unpaired) electrons. The molecule has 0 heterocycles. The lowest BCUT2D eigenvalue weighted by atomic mass is 9.88. The van der Waals surface area contributed by atoms with Crippen molar-refractivity contribution in [2.24, 2.45) is 5.41 Å². The first kappa shape index (κ1) is 16.0. The van der Waals surface area contributed by atoms with Gasteiger partial charge < -0.3 is 9.84 Å². The smallest absolute Gasteiger partial charge is 0.309 e. The predicted octanol–water partition coefficient (Wildman–Crippen LogP) is 4.24. The minimum absolute atomic E-state index is 0.484. The van der Waals surface area contributed by atoms with Gasteiger partial charge in [-0.2, -0.15) is 0 Å². The first-order chi connectivity index (χ1) is 9.40. The van der Waals surface area contributed by atoms with Gasteiger partial charge >= 0.3 is 5.97 Å². The van der Waals surface area contributed by atoms with Crippen LogP contribution >= 0.6 is 0 Å². The Morgan fingerprint density at radius 1 is 1.35 bits per heavy atom. The third kappa shape index (κ3) is 4.26. The number of ether oxygens (including phenoxy) is 1. The summed E-state index contributed by atoms with van der Waals surface area (Å²) < 4.78 is 5.73. The van der Waals surface area contributed by atoms with Gasteiger partial charge in [0.05, 0.1) is 12.0 Å². The van der Waals surface area contributed by atoms with E-state index in [2.05, 4.69) is 13.2 Å². The summed E-state index contributed by atoms with van der Waals surface area (Å²) in [6.45, 7) is 11.4. The summed E-state index contributed by atoms with van der Waals surface area (Å²) in [7, 11) is 0. The summed E-state index contributed by atoms with van der Waals surface area (Å²) in [5.74, 6) is -0.0246. The zero-order valence-electron chi connectivity index (χ0n) is 12.2. The van der Waals surface area contributed by atoms with Gasteiger partial charge in [0, 0.05) is 5.56 Å². The topological polar surface area (TPSA) is 46.5 Å². The van der Waals surface area contributed by atoms with E-state index in [1.54, 1.807) is 26.0 Å². The normalized spacial score (nSPS) is 10.9. The molecule has 0 aromatic heterocycles. The average Bonchev–Trinajstić information content (AvgIpc) is 2.43. The number of carboxylic acid groups (broad SMARTS) is 1. The number of carbonyl (C=O) groups is 1. The Morgan fingerprint density at radius 3 is 2.60 bits per heavy atom. The second kappa shape index (κ2) is 6.94. The minimum Gasteiger partial charge on any atom is -0.493 e. The molecule has 108 valence electrons. The molecule has 1 aromatic carbocycles. The summed E-state index contributed by atoms with van der Waals surface area (Å²) in [5.41, 5.74) is 1.19. The van der Waals surface area contributed by atoms with Crippen LogP contribution in [0.1, 0.15) is 37.8 Å². The van der Waals surface area contributed by atoms with E-state index >= 15 is 0 Å². The van der Waals surface area contributed by atoms with Crippen molar-refractivity contribution in [1.29, 1.82) is 0 Å². The molecule has 0 unspecified atom stereocenters. The fourth-order valence-electron chi connectivity index (χ4n) is 1.77. The van der Waals surface area contributed by atoms with Crippen molar-refractivity contribution in [3.63, 3.8) is 0 Å². The van der Waals surface area contributed by atoms with Crippen LogP contribution in [0.25, 0.3) is 12.2 Å². The lowest BCUT2D eigenvalue weighted by molar-refractivity contribution is -0.147. The standard InChI is InChI=1S/C17H22O3/c1-5-13-8-9-14(6-2)15(12-13)20-11-7-10-17(3,4)16(18)19/h5-6,8-9,12H,1-2,7,10-11H2,3-4H3,(H,18,19). The number of benzene rings is 1. The molecule has 3 heteroatoms. The fourth-order valence-corrected chi connectivity index (χ4v) is 1.77. The van der Waals surface area contributed by atoms with Gasteiger partial charge in [-0.15, -0.1) is 0 Å². The van der Waals surface area contributed by atoms with Crippen LogP contribution in [-0.4, -0.2) is 17.7 Å². The van der Waals surface area contributed by atoms with Crippen LogP contribution in [0.2, 0.25) is 0 Å². The number of carboxylic acids is 1. The maximum Gasteiger partial charge on any atom is 0.309 e. The van der Waals surface area contributed by atoms with Crippen LogP contribution in [0.3, 0.4) is 0 Å². The summed E-state index contributed by atoms with van der Waals surface area (Å²) in [4.78, 5) is 11.0. The third-order valence-electron chi connectivity index (χ3n) is 3.28. The molecule has 0 spiro atoms. The summed E-state index contributed by atoms with van der Waals surface area (Å²) in [5, 5.41) is 9.04. The SMILES string of the molecule is C=Cc1ccc(C=C)c(OCCCC(C)(C)C(=O)O)c1. The first-order valence-electron chi connectivity index (χ1n) is 6.66. The van der Waals surface area contributed by atoms with E-state index < -0.39 is 11.4 Å². The van der Waals surface area contributed by atoms with E-state index in [-0.39, 0.29) is 0 Å². The number of hydrogen-bond donors (Lipinski definition) is 1. The Bertz CT molecular complexity index is 501. The molecule has 1 aromatic rings. The van der Waals surface area contributed by atoms with Crippen LogP contribution < -0.4 is 4.74 Å². The molecule has 0 aliphatic heterocycles. The molecule has 3 nitrogen and oxygen atoms in total. The van der Waals surface area contributed by atoms with E-state index in [9.17, 15) is 4.79 Å². The van der Waals surface area contributed by atoms with Crippen molar-refractivity contribution in [3.05, 3.63) is 42.5 Å². The van der Waals surface area contributed by atoms with Crippen molar-refractivity contribution in [2.45, 2.75) is 26.7 Å². The van der Waals surface area contributed by atoms with Crippen LogP contribution in [0, 0.1) is 5.41 Å².